The number of benzene rings is 1. The van der Waals surface area contributed by atoms with Crippen LogP contribution in [0.1, 0.15) is 11.1 Å². The first-order valence-corrected chi connectivity index (χ1v) is 6.09. The van der Waals surface area contributed by atoms with Crippen LogP contribution in [0.25, 0.3) is 0 Å². The number of nitrogens with two attached hydrogens (primary N) is 1. The van der Waals surface area contributed by atoms with Gasteiger partial charge < -0.3 is 10.6 Å². The van der Waals surface area contributed by atoms with Gasteiger partial charge in [0.25, 0.3) is 0 Å². The predicted molar refractivity (Wildman–Crippen MR) is 76.9 cm³/mol. The van der Waals surface area contributed by atoms with E-state index in [0.717, 1.165) is 5.56 Å². The first-order valence-electron chi connectivity index (χ1n) is 5.71. The Bertz CT molecular complexity index is 634. The Balaban J connectivity index is 2.21. The molecule has 0 saturated carbocycles. The van der Waals surface area contributed by atoms with E-state index >= 15 is 0 Å². The quantitative estimate of drug-likeness (QED) is 0.933. The van der Waals surface area contributed by atoms with Crippen LogP contribution in [0.5, 0.6) is 0 Å². The van der Waals surface area contributed by atoms with E-state index in [1.54, 1.807) is 6.07 Å². The highest BCUT2D eigenvalue weighted by molar-refractivity contribution is 6.30. The molecular weight excluding hydrogens is 260 g/mol. The van der Waals surface area contributed by atoms with Gasteiger partial charge in [-0.25, -0.2) is 4.98 Å². The Morgan fingerprint density at radius 1 is 1.42 bits per heavy atom. The minimum atomic E-state index is 0.456. The maximum absolute atomic E-state index is 8.78. The summed E-state index contributed by atoms with van der Waals surface area (Å²) in [6.07, 6.45) is 1.51. The third kappa shape index (κ3) is 3.15. The monoisotopic (exact) mass is 272 g/mol. The number of halogens is 1. The molecule has 0 saturated heterocycles. The lowest BCUT2D eigenvalue weighted by atomic mass is 10.2. The van der Waals surface area contributed by atoms with Crippen molar-refractivity contribution >= 4 is 23.1 Å². The summed E-state index contributed by atoms with van der Waals surface area (Å²) >= 11 is 5.95. The molecule has 0 bridgehead atoms. The lowest BCUT2D eigenvalue weighted by Crippen LogP contribution is -2.19. The second-order valence-electron chi connectivity index (χ2n) is 4.23. The zero-order chi connectivity index (χ0) is 13.8. The second-order valence-corrected chi connectivity index (χ2v) is 4.67. The van der Waals surface area contributed by atoms with Crippen molar-refractivity contribution in [3.8, 4) is 6.07 Å². The van der Waals surface area contributed by atoms with Crippen LogP contribution in [0.3, 0.4) is 0 Å². The first-order chi connectivity index (χ1) is 9.10. The molecule has 0 unspecified atom stereocenters. The van der Waals surface area contributed by atoms with Gasteiger partial charge in [-0.3, -0.25) is 0 Å². The molecule has 0 radical (unpaired) electrons. The van der Waals surface area contributed by atoms with Crippen molar-refractivity contribution in [2.24, 2.45) is 0 Å². The summed E-state index contributed by atoms with van der Waals surface area (Å²) in [5, 5.41) is 9.48. The average molecular weight is 273 g/mol. The van der Waals surface area contributed by atoms with Crippen LogP contribution in [0.2, 0.25) is 5.02 Å². The van der Waals surface area contributed by atoms with Crippen LogP contribution in [0.15, 0.2) is 36.5 Å². The molecule has 0 fully saturated rings. The van der Waals surface area contributed by atoms with E-state index in [4.69, 9.17) is 22.6 Å². The number of anilines is 2. The minimum absolute atomic E-state index is 0.456. The number of nitrogen functional groups attached to an aromatic ring is 1. The highest BCUT2D eigenvalue weighted by atomic mass is 35.5. The van der Waals surface area contributed by atoms with Crippen molar-refractivity contribution in [2.75, 3.05) is 17.7 Å². The molecule has 19 heavy (non-hydrogen) atoms. The maximum Gasteiger partial charge on any atom is 0.151 e. The number of nitrogens with zero attached hydrogens (tertiary/aromatic N) is 3. The summed E-state index contributed by atoms with van der Waals surface area (Å²) in [6.45, 7) is 0.643. The molecule has 2 N–H and O–H groups in total. The SMILES string of the molecule is CN(Cc1cccc(Cl)c1)c1ncc(C#N)cc1N. The van der Waals surface area contributed by atoms with Gasteiger partial charge in [0, 0.05) is 24.8 Å². The molecule has 0 amide bonds. The van der Waals surface area contributed by atoms with Gasteiger partial charge in [0.05, 0.1) is 11.3 Å². The average Bonchev–Trinajstić information content (AvgIpc) is 2.38. The summed E-state index contributed by atoms with van der Waals surface area (Å²) < 4.78 is 0. The minimum Gasteiger partial charge on any atom is -0.396 e. The molecule has 5 heteroatoms. The summed E-state index contributed by atoms with van der Waals surface area (Å²) in [6, 6.07) is 11.3. The van der Waals surface area contributed by atoms with E-state index in [1.807, 2.05) is 42.3 Å². The first kappa shape index (κ1) is 13.2. The van der Waals surface area contributed by atoms with Gasteiger partial charge in [-0.15, -0.1) is 0 Å². The number of rotatable bonds is 3. The lowest BCUT2D eigenvalue weighted by Gasteiger charge is -2.20. The fraction of sp³-hybridized carbons (Fsp3) is 0.143. The van der Waals surface area contributed by atoms with Crippen molar-refractivity contribution in [2.45, 2.75) is 6.54 Å². The molecule has 0 aliphatic heterocycles. The van der Waals surface area contributed by atoms with E-state index in [0.29, 0.717) is 28.6 Å². The third-order valence-corrected chi connectivity index (χ3v) is 2.93. The smallest absolute Gasteiger partial charge is 0.151 e. The zero-order valence-corrected chi connectivity index (χ0v) is 11.2. The van der Waals surface area contributed by atoms with E-state index in [9.17, 15) is 0 Å². The van der Waals surface area contributed by atoms with Crippen molar-refractivity contribution in [1.29, 1.82) is 5.26 Å². The topological polar surface area (TPSA) is 65.9 Å². The molecule has 96 valence electrons. The number of hydrogen-bond donors (Lipinski definition) is 1. The lowest BCUT2D eigenvalue weighted by molar-refractivity contribution is 0.900. The Kier molecular flexibility index (Phi) is 3.88. The van der Waals surface area contributed by atoms with Crippen LogP contribution < -0.4 is 10.6 Å². The van der Waals surface area contributed by atoms with Gasteiger partial charge in [-0.1, -0.05) is 23.7 Å². The molecule has 1 aromatic carbocycles. The van der Waals surface area contributed by atoms with E-state index in [-0.39, 0.29) is 0 Å². The van der Waals surface area contributed by atoms with Crippen molar-refractivity contribution in [1.82, 2.24) is 4.98 Å². The summed E-state index contributed by atoms with van der Waals surface area (Å²) in [5.74, 6) is 0.652. The van der Waals surface area contributed by atoms with Crippen molar-refractivity contribution in [3.05, 3.63) is 52.7 Å². The molecule has 1 aromatic heterocycles. The number of hydrogen-bond acceptors (Lipinski definition) is 4. The highest BCUT2D eigenvalue weighted by Crippen LogP contribution is 2.22. The van der Waals surface area contributed by atoms with Crippen molar-refractivity contribution < 1.29 is 0 Å². The van der Waals surface area contributed by atoms with E-state index in [1.165, 1.54) is 6.20 Å². The van der Waals surface area contributed by atoms with Crippen LogP contribution in [-0.2, 0) is 6.54 Å². The molecule has 0 aliphatic rings. The van der Waals surface area contributed by atoms with Crippen molar-refractivity contribution in [3.63, 3.8) is 0 Å². The normalized spacial score (nSPS) is 9.95. The van der Waals surface area contributed by atoms with Crippen LogP contribution >= 0.6 is 11.6 Å². The number of nitriles is 1. The molecule has 1 heterocycles. The molecule has 2 aromatic rings. The van der Waals surface area contributed by atoms with Gasteiger partial charge in [-0.05, 0) is 23.8 Å². The second kappa shape index (κ2) is 5.59. The van der Waals surface area contributed by atoms with Gasteiger partial charge in [0.2, 0.25) is 0 Å². The Morgan fingerprint density at radius 3 is 2.84 bits per heavy atom. The summed E-state index contributed by atoms with van der Waals surface area (Å²) in [5.41, 5.74) is 7.92. The molecule has 0 spiro atoms. The van der Waals surface area contributed by atoms with Gasteiger partial charge >= 0.3 is 0 Å². The Labute approximate surface area is 117 Å². The molecular formula is C14H13ClN4. The molecule has 4 nitrogen and oxygen atoms in total. The van der Waals surface area contributed by atoms with Gasteiger partial charge in [0.1, 0.15) is 6.07 Å². The highest BCUT2D eigenvalue weighted by Gasteiger charge is 2.08. The molecule has 0 atom stereocenters. The third-order valence-electron chi connectivity index (χ3n) is 2.69. The molecule has 2 rings (SSSR count). The molecule has 0 aliphatic carbocycles. The van der Waals surface area contributed by atoms with Crippen LogP contribution in [0, 0.1) is 11.3 Å². The predicted octanol–water partition coefficient (Wildman–Crippen LogP) is 2.83. The fourth-order valence-corrected chi connectivity index (χ4v) is 2.05. The summed E-state index contributed by atoms with van der Waals surface area (Å²) in [4.78, 5) is 6.13. The Morgan fingerprint density at radius 2 is 2.21 bits per heavy atom. The largest absolute Gasteiger partial charge is 0.396 e. The number of pyridine rings is 1. The zero-order valence-electron chi connectivity index (χ0n) is 10.5. The standard InChI is InChI=1S/C14H13ClN4/c1-19(9-10-3-2-4-12(15)5-10)14-13(17)6-11(7-16)8-18-14/h2-6,8H,9,17H2,1H3. The van der Waals surface area contributed by atoms with E-state index < -0.39 is 0 Å². The summed E-state index contributed by atoms with van der Waals surface area (Å²) in [7, 11) is 1.89. The van der Waals surface area contributed by atoms with E-state index in [2.05, 4.69) is 4.98 Å². The van der Waals surface area contributed by atoms with Gasteiger partial charge in [0.15, 0.2) is 5.82 Å². The number of aromatic nitrogens is 1. The van der Waals surface area contributed by atoms with Crippen LogP contribution in [-0.4, -0.2) is 12.0 Å². The van der Waals surface area contributed by atoms with Crippen LogP contribution in [0.4, 0.5) is 11.5 Å². The fourth-order valence-electron chi connectivity index (χ4n) is 1.84. The van der Waals surface area contributed by atoms with Gasteiger partial charge in [-0.2, -0.15) is 5.26 Å². The Hall–Kier alpha value is -2.25. The maximum atomic E-state index is 8.78.